The van der Waals surface area contributed by atoms with Crippen LogP contribution in [0.5, 0.6) is 5.75 Å². The van der Waals surface area contributed by atoms with Gasteiger partial charge in [0.05, 0.1) is 30.5 Å². The van der Waals surface area contributed by atoms with Crippen LogP contribution in [0.4, 0.5) is 24.7 Å². The number of amides is 2. The van der Waals surface area contributed by atoms with Crippen molar-refractivity contribution in [1.29, 1.82) is 0 Å². The molecule has 3 N–H and O–H groups in total. The fourth-order valence-electron chi connectivity index (χ4n) is 5.00. The number of alkyl halides is 2. The summed E-state index contributed by atoms with van der Waals surface area (Å²) in [5.74, 6) is -5.26. The number of para-hydroxylation sites is 1. The third kappa shape index (κ3) is 5.54. The molecule has 2 heterocycles. The Kier molecular flexibility index (Phi) is 8.15. The SMILES string of the molecule is COc1ccccc1-c1ccc(F)cc1C(=O)Nc1ccc(C(=O)N2CCC(F)(F)[C@](O)(CO)c3cc(Cl)ccc32)cn1. The normalized spacial score (nSPS) is 17.5. The molecule has 1 aromatic heterocycles. The number of aromatic nitrogens is 1. The summed E-state index contributed by atoms with van der Waals surface area (Å²) < 4.78 is 49.6. The van der Waals surface area contributed by atoms with E-state index in [9.17, 15) is 24.2 Å². The van der Waals surface area contributed by atoms with Gasteiger partial charge >= 0.3 is 0 Å². The predicted octanol–water partition coefficient (Wildman–Crippen LogP) is 5.67. The van der Waals surface area contributed by atoms with Gasteiger partial charge in [-0.3, -0.25) is 9.59 Å². The Labute approximate surface area is 249 Å². The zero-order valence-corrected chi connectivity index (χ0v) is 23.4. The van der Waals surface area contributed by atoms with E-state index in [1.807, 2.05) is 0 Å². The first-order valence-electron chi connectivity index (χ1n) is 13.0. The fourth-order valence-corrected chi connectivity index (χ4v) is 5.18. The van der Waals surface area contributed by atoms with Gasteiger partial charge in [-0.1, -0.05) is 35.9 Å². The van der Waals surface area contributed by atoms with Gasteiger partial charge in [-0.25, -0.2) is 18.2 Å². The summed E-state index contributed by atoms with van der Waals surface area (Å²) in [7, 11) is 1.48. The van der Waals surface area contributed by atoms with E-state index in [1.165, 1.54) is 43.5 Å². The summed E-state index contributed by atoms with van der Waals surface area (Å²) in [5.41, 5.74) is -2.40. The van der Waals surface area contributed by atoms with Gasteiger partial charge in [0.2, 0.25) is 0 Å². The van der Waals surface area contributed by atoms with Crippen molar-refractivity contribution in [2.45, 2.75) is 17.9 Å². The van der Waals surface area contributed by atoms with Gasteiger partial charge < -0.3 is 25.2 Å². The number of methoxy groups -OCH3 is 1. The molecule has 2 amide bonds. The minimum Gasteiger partial charge on any atom is -0.496 e. The molecule has 4 aromatic rings. The first-order valence-corrected chi connectivity index (χ1v) is 13.4. The molecule has 0 radical (unpaired) electrons. The molecule has 12 heteroatoms. The summed E-state index contributed by atoms with van der Waals surface area (Å²) in [4.78, 5) is 31.9. The number of nitrogens with one attached hydrogen (secondary N) is 1. The van der Waals surface area contributed by atoms with Crippen LogP contribution in [0.25, 0.3) is 11.1 Å². The molecule has 1 aliphatic rings. The lowest BCUT2D eigenvalue weighted by molar-refractivity contribution is -0.205. The van der Waals surface area contributed by atoms with Crippen LogP contribution < -0.4 is 15.0 Å². The van der Waals surface area contributed by atoms with Crippen molar-refractivity contribution < 1.29 is 37.7 Å². The van der Waals surface area contributed by atoms with Crippen LogP contribution in [0.1, 0.15) is 32.7 Å². The summed E-state index contributed by atoms with van der Waals surface area (Å²) >= 11 is 6.01. The third-order valence-electron chi connectivity index (χ3n) is 7.30. The third-order valence-corrected chi connectivity index (χ3v) is 7.53. The first-order chi connectivity index (χ1) is 20.5. The summed E-state index contributed by atoms with van der Waals surface area (Å²) in [5, 5.41) is 23.2. The highest BCUT2D eigenvalue weighted by Crippen LogP contribution is 2.47. The van der Waals surface area contributed by atoms with Crippen LogP contribution in [0.2, 0.25) is 5.02 Å². The van der Waals surface area contributed by atoms with Crippen molar-refractivity contribution in [2.24, 2.45) is 0 Å². The summed E-state index contributed by atoms with van der Waals surface area (Å²) in [6.07, 6.45) is 0.216. The number of nitrogens with zero attached hydrogens (tertiary/aromatic N) is 2. The monoisotopic (exact) mass is 611 g/mol. The molecule has 0 saturated heterocycles. The van der Waals surface area contributed by atoms with Crippen molar-refractivity contribution >= 4 is 34.9 Å². The smallest absolute Gasteiger partial charge is 0.284 e. The largest absolute Gasteiger partial charge is 0.496 e. The molecule has 1 atom stereocenters. The highest BCUT2D eigenvalue weighted by Gasteiger charge is 2.56. The maximum atomic E-state index is 15.0. The lowest BCUT2D eigenvalue weighted by atomic mass is 9.86. The van der Waals surface area contributed by atoms with Gasteiger partial charge in [0.25, 0.3) is 17.7 Å². The van der Waals surface area contributed by atoms with E-state index in [2.05, 4.69) is 10.3 Å². The highest BCUT2D eigenvalue weighted by molar-refractivity contribution is 6.30. The molecular formula is C31H25ClF3N3O5. The zero-order chi connectivity index (χ0) is 30.9. The average Bonchev–Trinajstić information content (AvgIpc) is 3.09. The number of ether oxygens (including phenoxy) is 1. The molecular weight excluding hydrogens is 587 g/mol. The number of rotatable bonds is 6. The van der Waals surface area contributed by atoms with Crippen molar-refractivity contribution in [3.8, 4) is 16.9 Å². The quantitative estimate of drug-likeness (QED) is 0.259. The number of hydrogen-bond donors (Lipinski definition) is 3. The van der Waals surface area contributed by atoms with Gasteiger partial charge in [-0.15, -0.1) is 0 Å². The number of fused-ring (bicyclic) bond motifs is 1. The van der Waals surface area contributed by atoms with E-state index >= 15 is 8.78 Å². The van der Waals surface area contributed by atoms with E-state index in [0.29, 0.717) is 16.9 Å². The molecule has 222 valence electrons. The number of pyridine rings is 1. The van der Waals surface area contributed by atoms with Crippen LogP contribution in [-0.4, -0.2) is 53.2 Å². The number of aliphatic hydroxyl groups is 2. The fraction of sp³-hybridized carbons (Fsp3) is 0.194. The number of hydrogen-bond acceptors (Lipinski definition) is 6. The van der Waals surface area contributed by atoms with Gasteiger partial charge in [0.15, 0.2) is 5.60 Å². The van der Waals surface area contributed by atoms with Gasteiger partial charge in [0.1, 0.15) is 17.4 Å². The molecule has 0 saturated carbocycles. The minimum atomic E-state index is -3.78. The topological polar surface area (TPSA) is 112 Å². The number of carbonyl (C=O) groups is 2. The molecule has 0 unspecified atom stereocenters. The minimum absolute atomic E-state index is 0.00267. The Morgan fingerprint density at radius 2 is 1.84 bits per heavy atom. The summed E-state index contributed by atoms with van der Waals surface area (Å²) in [6, 6.07) is 17.2. The second-order valence-electron chi connectivity index (χ2n) is 9.87. The van der Waals surface area contributed by atoms with E-state index in [1.54, 1.807) is 24.3 Å². The molecule has 43 heavy (non-hydrogen) atoms. The Hall–Kier alpha value is -4.45. The van der Waals surface area contributed by atoms with Crippen LogP contribution in [-0.2, 0) is 5.60 Å². The van der Waals surface area contributed by atoms with Crippen molar-refractivity contribution in [1.82, 2.24) is 4.98 Å². The predicted molar refractivity (Wildman–Crippen MR) is 154 cm³/mol. The average molecular weight is 612 g/mol. The van der Waals surface area contributed by atoms with Crippen molar-refractivity contribution in [2.75, 3.05) is 30.5 Å². The van der Waals surface area contributed by atoms with Crippen LogP contribution in [0, 0.1) is 5.82 Å². The molecule has 0 bridgehead atoms. The lowest BCUT2D eigenvalue weighted by Gasteiger charge is -2.33. The molecule has 8 nitrogen and oxygen atoms in total. The molecule has 0 fully saturated rings. The van der Waals surface area contributed by atoms with E-state index < -0.39 is 54.3 Å². The first kappa shape index (κ1) is 30.0. The molecule has 0 aliphatic carbocycles. The number of carbonyl (C=O) groups excluding carboxylic acids is 2. The second kappa shape index (κ2) is 11.7. The molecule has 3 aromatic carbocycles. The highest BCUT2D eigenvalue weighted by atomic mass is 35.5. The van der Waals surface area contributed by atoms with Gasteiger partial charge in [0, 0.05) is 35.3 Å². The maximum absolute atomic E-state index is 15.0. The van der Waals surface area contributed by atoms with Crippen LogP contribution in [0.15, 0.2) is 79.0 Å². The van der Waals surface area contributed by atoms with Gasteiger partial charge in [-0.2, -0.15) is 0 Å². The lowest BCUT2D eigenvalue weighted by Crippen LogP contribution is -2.48. The van der Waals surface area contributed by atoms with Crippen molar-refractivity contribution in [3.05, 3.63) is 107 Å². The number of anilines is 2. The van der Waals surface area contributed by atoms with E-state index in [-0.39, 0.29) is 27.7 Å². The Bertz CT molecular complexity index is 1700. The van der Waals surface area contributed by atoms with E-state index in [4.69, 9.17) is 16.3 Å². The number of benzene rings is 3. The van der Waals surface area contributed by atoms with Gasteiger partial charge in [-0.05, 0) is 54.1 Å². The van der Waals surface area contributed by atoms with Crippen LogP contribution >= 0.6 is 11.6 Å². The standard InChI is InChI=1S/C31H25ClF3N3O5/c1-43-26-5-3-2-4-22(26)21-9-8-20(33)15-23(21)28(40)37-27-11-6-18(16-36-27)29(41)38-13-12-31(34,35)30(42,17-39)24-14-19(32)7-10-25(24)38/h2-11,14-16,39,42H,12-13,17H2,1H3,(H,36,37,40)/t30-/m0/s1. The van der Waals surface area contributed by atoms with Crippen LogP contribution in [0.3, 0.4) is 0 Å². The Morgan fingerprint density at radius 3 is 2.53 bits per heavy atom. The Balaban J connectivity index is 1.42. The molecule has 1 aliphatic heterocycles. The zero-order valence-electron chi connectivity index (χ0n) is 22.7. The molecule has 0 spiro atoms. The summed E-state index contributed by atoms with van der Waals surface area (Å²) in [6.45, 7) is -1.78. The molecule has 5 rings (SSSR count). The van der Waals surface area contributed by atoms with E-state index in [0.717, 1.165) is 23.2 Å². The van der Waals surface area contributed by atoms with Crippen molar-refractivity contribution in [3.63, 3.8) is 0 Å². The Morgan fingerprint density at radius 1 is 1.07 bits per heavy atom. The number of aliphatic hydroxyl groups excluding tert-OH is 1. The maximum Gasteiger partial charge on any atom is 0.284 e. The second-order valence-corrected chi connectivity index (χ2v) is 10.3. The number of halogens is 4.